The minimum atomic E-state index is -3.01. The Labute approximate surface area is 86.7 Å². The molecule has 0 bridgehead atoms. The van der Waals surface area contributed by atoms with E-state index in [4.69, 9.17) is 0 Å². The van der Waals surface area contributed by atoms with Gasteiger partial charge in [0.05, 0.1) is 5.75 Å². The molecule has 0 aromatic carbocycles. The predicted molar refractivity (Wildman–Crippen MR) is 57.7 cm³/mol. The van der Waals surface area contributed by atoms with E-state index in [9.17, 15) is 8.42 Å². The molecule has 5 heteroatoms. The summed E-state index contributed by atoms with van der Waals surface area (Å²) in [6.45, 7) is 4.05. The number of hydrogen-bond acceptors (Lipinski definition) is 3. The summed E-state index contributed by atoms with van der Waals surface area (Å²) in [5.74, 6) is 0.726. The van der Waals surface area contributed by atoms with Gasteiger partial charge in [-0.1, -0.05) is 6.92 Å². The molecule has 14 heavy (non-hydrogen) atoms. The summed E-state index contributed by atoms with van der Waals surface area (Å²) in [4.78, 5) is 0. The van der Waals surface area contributed by atoms with Gasteiger partial charge in [0, 0.05) is 19.6 Å². The molecule has 0 aliphatic carbocycles. The fourth-order valence-electron chi connectivity index (χ4n) is 1.76. The van der Waals surface area contributed by atoms with Gasteiger partial charge in [-0.3, -0.25) is 0 Å². The third-order valence-electron chi connectivity index (χ3n) is 2.62. The highest BCUT2D eigenvalue weighted by Gasteiger charge is 2.26. The minimum Gasteiger partial charge on any atom is -0.319 e. The van der Waals surface area contributed by atoms with Gasteiger partial charge in [-0.25, -0.2) is 12.7 Å². The van der Waals surface area contributed by atoms with Crippen LogP contribution in [0.5, 0.6) is 0 Å². The van der Waals surface area contributed by atoms with Crippen LogP contribution in [-0.2, 0) is 10.0 Å². The second kappa shape index (κ2) is 5.09. The van der Waals surface area contributed by atoms with Crippen molar-refractivity contribution in [3.63, 3.8) is 0 Å². The van der Waals surface area contributed by atoms with Gasteiger partial charge in [-0.05, 0) is 25.8 Å². The van der Waals surface area contributed by atoms with E-state index < -0.39 is 10.0 Å². The Kier molecular flexibility index (Phi) is 4.34. The van der Waals surface area contributed by atoms with Crippen molar-refractivity contribution in [1.29, 1.82) is 0 Å². The Morgan fingerprint density at radius 1 is 1.50 bits per heavy atom. The van der Waals surface area contributed by atoms with Crippen LogP contribution in [0.15, 0.2) is 0 Å². The maximum Gasteiger partial charge on any atom is 0.215 e. The molecule has 1 N–H and O–H groups in total. The summed E-state index contributed by atoms with van der Waals surface area (Å²) in [5.41, 5.74) is 0. The fraction of sp³-hybridized carbons (Fsp3) is 1.00. The Balaban J connectivity index is 2.53. The van der Waals surface area contributed by atoms with Crippen molar-refractivity contribution in [2.45, 2.75) is 19.8 Å². The molecule has 0 amide bonds. The summed E-state index contributed by atoms with van der Waals surface area (Å²) < 4.78 is 25.2. The standard InChI is InChI=1S/C9H20N2O2S/c1-9-4-3-6-11(8-9)14(12,13)7-5-10-2/h9-10H,3-8H2,1-2H3. The number of nitrogens with zero attached hydrogens (tertiary/aromatic N) is 1. The zero-order chi connectivity index (χ0) is 10.6. The fourth-order valence-corrected chi connectivity index (χ4v) is 3.37. The van der Waals surface area contributed by atoms with E-state index in [1.807, 2.05) is 0 Å². The molecule has 0 aromatic rings. The lowest BCUT2D eigenvalue weighted by molar-refractivity contribution is 0.281. The van der Waals surface area contributed by atoms with Crippen LogP contribution in [0.25, 0.3) is 0 Å². The molecule has 0 aromatic heterocycles. The molecular weight excluding hydrogens is 200 g/mol. The maximum atomic E-state index is 11.8. The van der Waals surface area contributed by atoms with Gasteiger partial charge in [0.1, 0.15) is 0 Å². The molecule has 1 aliphatic heterocycles. The highest BCUT2D eigenvalue weighted by atomic mass is 32.2. The van der Waals surface area contributed by atoms with Crippen molar-refractivity contribution in [2.75, 3.05) is 32.4 Å². The summed E-state index contributed by atoms with van der Waals surface area (Å²) in [6, 6.07) is 0. The zero-order valence-corrected chi connectivity index (χ0v) is 9.81. The Morgan fingerprint density at radius 3 is 2.79 bits per heavy atom. The number of rotatable bonds is 4. The molecule has 1 saturated heterocycles. The zero-order valence-electron chi connectivity index (χ0n) is 8.99. The lowest BCUT2D eigenvalue weighted by Gasteiger charge is -2.29. The van der Waals surface area contributed by atoms with Gasteiger partial charge in [-0.15, -0.1) is 0 Å². The van der Waals surface area contributed by atoms with Crippen LogP contribution in [0.4, 0.5) is 0 Å². The van der Waals surface area contributed by atoms with Crippen LogP contribution in [0.1, 0.15) is 19.8 Å². The topological polar surface area (TPSA) is 49.4 Å². The quantitative estimate of drug-likeness (QED) is 0.740. The Hall–Kier alpha value is -0.130. The second-order valence-corrected chi connectivity index (χ2v) is 6.11. The molecule has 84 valence electrons. The van der Waals surface area contributed by atoms with E-state index in [0.717, 1.165) is 12.8 Å². The Morgan fingerprint density at radius 2 is 2.21 bits per heavy atom. The normalized spacial score (nSPS) is 25.1. The number of sulfonamides is 1. The highest BCUT2D eigenvalue weighted by molar-refractivity contribution is 7.89. The third-order valence-corrected chi connectivity index (χ3v) is 4.46. The largest absolute Gasteiger partial charge is 0.319 e. The summed E-state index contributed by atoms with van der Waals surface area (Å²) >= 11 is 0. The van der Waals surface area contributed by atoms with Gasteiger partial charge in [0.2, 0.25) is 10.0 Å². The van der Waals surface area contributed by atoms with Crippen LogP contribution in [0, 0.1) is 5.92 Å². The van der Waals surface area contributed by atoms with Crippen LogP contribution in [0.2, 0.25) is 0 Å². The van der Waals surface area contributed by atoms with E-state index in [0.29, 0.717) is 25.6 Å². The number of hydrogen-bond donors (Lipinski definition) is 1. The van der Waals surface area contributed by atoms with Crippen molar-refractivity contribution in [2.24, 2.45) is 5.92 Å². The van der Waals surface area contributed by atoms with Crippen molar-refractivity contribution in [3.05, 3.63) is 0 Å². The van der Waals surface area contributed by atoms with Crippen molar-refractivity contribution in [3.8, 4) is 0 Å². The first-order valence-electron chi connectivity index (χ1n) is 5.18. The van der Waals surface area contributed by atoms with Crippen LogP contribution in [0.3, 0.4) is 0 Å². The van der Waals surface area contributed by atoms with E-state index in [1.165, 1.54) is 0 Å². The molecule has 1 heterocycles. The summed E-state index contributed by atoms with van der Waals surface area (Å²) in [6.07, 6.45) is 2.15. The number of nitrogens with one attached hydrogen (secondary N) is 1. The second-order valence-electron chi connectivity index (χ2n) is 4.02. The van der Waals surface area contributed by atoms with Gasteiger partial charge in [0.15, 0.2) is 0 Å². The van der Waals surface area contributed by atoms with Crippen molar-refractivity contribution in [1.82, 2.24) is 9.62 Å². The molecule has 1 fully saturated rings. The summed E-state index contributed by atoms with van der Waals surface area (Å²) in [5, 5.41) is 2.87. The molecular formula is C9H20N2O2S. The van der Waals surface area contributed by atoms with Crippen LogP contribution in [-0.4, -0.2) is 45.2 Å². The lowest BCUT2D eigenvalue weighted by Crippen LogP contribution is -2.41. The van der Waals surface area contributed by atoms with Crippen molar-refractivity contribution < 1.29 is 8.42 Å². The van der Waals surface area contributed by atoms with Gasteiger partial charge < -0.3 is 5.32 Å². The van der Waals surface area contributed by atoms with Crippen LogP contribution < -0.4 is 5.32 Å². The van der Waals surface area contributed by atoms with E-state index >= 15 is 0 Å². The minimum absolute atomic E-state index is 0.218. The van der Waals surface area contributed by atoms with E-state index in [2.05, 4.69) is 12.2 Å². The first kappa shape index (κ1) is 11.9. The number of piperidine rings is 1. The summed E-state index contributed by atoms with van der Waals surface area (Å²) in [7, 11) is -1.24. The smallest absolute Gasteiger partial charge is 0.215 e. The highest BCUT2D eigenvalue weighted by Crippen LogP contribution is 2.18. The van der Waals surface area contributed by atoms with Gasteiger partial charge in [-0.2, -0.15) is 0 Å². The van der Waals surface area contributed by atoms with E-state index in [-0.39, 0.29) is 5.75 Å². The Bertz CT molecular complexity index is 264. The SMILES string of the molecule is CNCCS(=O)(=O)N1CCCC(C)C1. The molecule has 0 saturated carbocycles. The average molecular weight is 220 g/mol. The third kappa shape index (κ3) is 3.22. The molecule has 1 atom stereocenters. The van der Waals surface area contributed by atoms with Crippen LogP contribution >= 0.6 is 0 Å². The first-order chi connectivity index (χ1) is 6.56. The molecule has 0 radical (unpaired) electrons. The maximum absolute atomic E-state index is 11.8. The lowest BCUT2D eigenvalue weighted by atomic mass is 10.0. The van der Waals surface area contributed by atoms with E-state index in [1.54, 1.807) is 11.4 Å². The molecule has 1 unspecified atom stereocenters. The first-order valence-corrected chi connectivity index (χ1v) is 6.79. The molecule has 1 rings (SSSR count). The average Bonchev–Trinajstić information content (AvgIpc) is 2.15. The van der Waals surface area contributed by atoms with Gasteiger partial charge >= 0.3 is 0 Å². The molecule has 1 aliphatic rings. The predicted octanol–water partition coefficient (Wildman–Crippen LogP) is 0.267. The molecule has 4 nitrogen and oxygen atoms in total. The molecule has 0 spiro atoms. The van der Waals surface area contributed by atoms with Gasteiger partial charge in [0.25, 0.3) is 0 Å². The van der Waals surface area contributed by atoms with Crippen molar-refractivity contribution >= 4 is 10.0 Å². The monoisotopic (exact) mass is 220 g/mol.